The Balaban J connectivity index is 2.74. The molecule has 0 amide bonds. The molecule has 16 heavy (non-hydrogen) atoms. The largest absolute Gasteiger partial charge is 0.481 e. The van der Waals surface area contributed by atoms with Gasteiger partial charge in [0.15, 0.2) is 0 Å². The maximum Gasteiger partial charge on any atom is 0.307 e. The summed E-state index contributed by atoms with van der Waals surface area (Å²) in [5.74, 6) is -0.315. The van der Waals surface area contributed by atoms with Crippen LogP contribution in [0, 0.1) is 0 Å². The Labute approximate surface area is 99.4 Å². The molecule has 0 saturated carbocycles. The average Bonchev–Trinajstić information content (AvgIpc) is 2.16. The topological polar surface area (TPSA) is 49.8 Å². The number of ether oxygens (including phenoxy) is 1. The van der Waals surface area contributed by atoms with Gasteiger partial charge in [-0.15, -0.1) is 0 Å². The number of hydrogen-bond acceptors (Lipinski definition) is 3. The molecular weight excluding hydrogens is 226 g/mol. The molecule has 1 aromatic carbocycles. The van der Waals surface area contributed by atoms with E-state index in [4.69, 9.17) is 22.1 Å². The Morgan fingerprint density at radius 3 is 2.75 bits per heavy atom. The van der Waals surface area contributed by atoms with Crippen LogP contribution >= 0.6 is 12.2 Å². The maximum absolute atomic E-state index is 10.5. The third kappa shape index (κ3) is 3.86. The van der Waals surface area contributed by atoms with Crippen molar-refractivity contribution in [2.24, 2.45) is 0 Å². The normalized spacial score (nSPS) is 9.62. The first kappa shape index (κ1) is 12.4. The van der Waals surface area contributed by atoms with Crippen LogP contribution in [0.4, 0.5) is 0 Å². The Bertz CT molecular complexity index is 404. The third-order valence-corrected chi connectivity index (χ3v) is 2.27. The first-order chi connectivity index (χ1) is 7.49. The molecule has 1 rings (SSSR count). The lowest BCUT2D eigenvalue weighted by Gasteiger charge is -2.14. The molecule has 1 aromatic rings. The van der Waals surface area contributed by atoms with Crippen molar-refractivity contribution in [1.29, 1.82) is 0 Å². The van der Waals surface area contributed by atoms with Crippen molar-refractivity contribution in [3.8, 4) is 5.75 Å². The fourth-order valence-corrected chi connectivity index (χ4v) is 1.18. The Hall–Kier alpha value is -1.62. The fourth-order valence-electron chi connectivity index (χ4n) is 1.09. The standard InChI is InChI=1S/C11H13NO3S/c1-12(2)11(16)15-9-5-3-4-8(6-9)7-10(13)14/h3-6H,7H2,1-2H3,(H,13,14). The highest BCUT2D eigenvalue weighted by Crippen LogP contribution is 2.14. The monoisotopic (exact) mass is 239 g/mol. The van der Waals surface area contributed by atoms with Crippen molar-refractivity contribution in [3.05, 3.63) is 29.8 Å². The maximum atomic E-state index is 10.5. The van der Waals surface area contributed by atoms with Crippen LogP contribution in [0.15, 0.2) is 24.3 Å². The predicted octanol–water partition coefficient (Wildman–Crippen LogP) is 1.54. The zero-order valence-corrected chi connectivity index (χ0v) is 9.95. The van der Waals surface area contributed by atoms with Crippen molar-refractivity contribution in [1.82, 2.24) is 4.90 Å². The number of thiocarbonyl (C=S) groups is 1. The molecule has 0 aliphatic heterocycles. The van der Waals surface area contributed by atoms with E-state index < -0.39 is 5.97 Å². The summed E-state index contributed by atoms with van der Waals surface area (Å²) >= 11 is 4.98. The number of benzene rings is 1. The zero-order valence-electron chi connectivity index (χ0n) is 9.14. The minimum atomic E-state index is -0.868. The molecule has 0 radical (unpaired) electrons. The van der Waals surface area contributed by atoms with Crippen LogP contribution in [0.5, 0.6) is 5.75 Å². The lowest BCUT2D eigenvalue weighted by Crippen LogP contribution is -2.25. The second-order valence-corrected chi connectivity index (χ2v) is 3.83. The molecule has 0 saturated heterocycles. The second kappa shape index (κ2) is 5.46. The highest BCUT2D eigenvalue weighted by Gasteiger charge is 2.05. The van der Waals surface area contributed by atoms with E-state index in [1.54, 1.807) is 43.3 Å². The summed E-state index contributed by atoms with van der Waals surface area (Å²) in [6, 6.07) is 6.89. The fraction of sp³-hybridized carbons (Fsp3) is 0.273. The van der Waals surface area contributed by atoms with E-state index in [-0.39, 0.29) is 6.42 Å². The van der Waals surface area contributed by atoms with E-state index in [1.165, 1.54) is 0 Å². The summed E-state index contributed by atoms with van der Waals surface area (Å²) in [6.07, 6.45) is -0.0219. The van der Waals surface area contributed by atoms with Crippen LogP contribution in [-0.4, -0.2) is 35.2 Å². The van der Waals surface area contributed by atoms with E-state index >= 15 is 0 Å². The van der Waals surface area contributed by atoms with Crippen LogP contribution < -0.4 is 4.74 Å². The van der Waals surface area contributed by atoms with E-state index in [0.29, 0.717) is 16.5 Å². The van der Waals surface area contributed by atoms with Crippen molar-refractivity contribution in [2.75, 3.05) is 14.1 Å². The summed E-state index contributed by atoms with van der Waals surface area (Å²) in [4.78, 5) is 12.2. The van der Waals surface area contributed by atoms with Gasteiger partial charge in [-0.05, 0) is 29.9 Å². The van der Waals surface area contributed by atoms with E-state index in [2.05, 4.69) is 0 Å². The molecule has 0 aromatic heterocycles. The molecule has 86 valence electrons. The molecule has 0 bridgehead atoms. The van der Waals surface area contributed by atoms with Crippen molar-refractivity contribution in [3.63, 3.8) is 0 Å². The number of nitrogens with zero attached hydrogens (tertiary/aromatic N) is 1. The number of carbonyl (C=O) groups is 1. The quantitative estimate of drug-likeness (QED) is 0.811. The molecule has 1 N–H and O–H groups in total. The van der Waals surface area contributed by atoms with Gasteiger partial charge in [0.2, 0.25) is 0 Å². The number of rotatable bonds is 3. The van der Waals surface area contributed by atoms with Crippen LogP contribution in [0.25, 0.3) is 0 Å². The first-order valence-electron chi connectivity index (χ1n) is 4.69. The van der Waals surface area contributed by atoms with Crippen LogP contribution in [0.2, 0.25) is 0 Å². The van der Waals surface area contributed by atoms with Gasteiger partial charge < -0.3 is 14.7 Å². The van der Waals surface area contributed by atoms with Gasteiger partial charge in [-0.3, -0.25) is 4.79 Å². The van der Waals surface area contributed by atoms with Gasteiger partial charge in [-0.2, -0.15) is 0 Å². The first-order valence-corrected chi connectivity index (χ1v) is 5.09. The summed E-state index contributed by atoms with van der Waals surface area (Å²) in [6.45, 7) is 0. The van der Waals surface area contributed by atoms with Crippen molar-refractivity contribution < 1.29 is 14.6 Å². The van der Waals surface area contributed by atoms with E-state index in [9.17, 15) is 4.79 Å². The molecule has 0 unspecified atom stereocenters. The van der Waals surface area contributed by atoms with Crippen molar-refractivity contribution in [2.45, 2.75) is 6.42 Å². The number of hydrogen-bond donors (Lipinski definition) is 1. The Morgan fingerprint density at radius 2 is 2.19 bits per heavy atom. The number of aliphatic carboxylic acids is 1. The van der Waals surface area contributed by atoms with Gasteiger partial charge in [-0.1, -0.05) is 12.1 Å². The summed E-state index contributed by atoms with van der Waals surface area (Å²) in [5, 5.41) is 8.99. The van der Waals surface area contributed by atoms with Crippen LogP contribution in [0.3, 0.4) is 0 Å². The molecule has 0 fully saturated rings. The minimum Gasteiger partial charge on any atom is -0.481 e. The van der Waals surface area contributed by atoms with Gasteiger partial charge in [0.25, 0.3) is 5.17 Å². The SMILES string of the molecule is CN(C)C(=S)Oc1cccc(CC(=O)O)c1. The minimum absolute atomic E-state index is 0.0219. The third-order valence-electron chi connectivity index (χ3n) is 1.82. The van der Waals surface area contributed by atoms with E-state index in [1.807, 2.05) is 0 Å². The summed E-state index contributed by atoms with van der Waals surface area (Å²) in [7, 11) is 3.56. The summed E-state index contributed by atoms with van der Waals surface area (Å²) in [5.41, 5.74) is 0.687. The van der Waals surface area contributed by atoms with Gasteiger partial charge in [0.1, 0.15) is 5.75 Å². The smallest absolute Gasteiger partial charge is 0.307 e. The lowest BCUT2D eigenvalue weighted by atomic mass is 10.1. The second-order valence-electron chi connectivity index (χ2n) is 3.48. The molecule has 4 nitrogen and oxygen atoms in total. The molecular formula is C11H13NO3S. The molecule has 0 atom stereocenters. The average molecular weight is 239 g/mol. The number of carboxylic acid groups (broad SMARTS) is 1. The lowest BCUT2D eigenvalue weighted by molar-refractivity contribution is -0.136. The molecule has 0 aliphatic carbocycles. The highest BCUT2D eigenvalue weighted by molar-refractivity contribution is 7.80. The summed E-state index contributed by atoms with van der Waals surface area (Å²) < 4.78 is 5.36. The molecule has 0 heterocycles. The molecule has 0 spiro atoms. The predicted molar refractivity (Wildman–Crippen MR) is 64.7 cm³/mol. The van der Waals surface area contributed by atoms with E-state index in [0.717, 1.165) is 0 Å². The van der Waals surface area contributed by atoms with Gasteiger partial charge in [-0.25, -0.2) is 0 Å². The molecule has 5 heteroatoms. The highest BCUT2D eigenvalue weighted by atomic mass is 32.1. The zero-order chi connectivity index (χ0) is 12.1. The Morgan fingerprint density at radius 1 is 1.50 bits per heavy atom. The van der Waals surface area contributed by atoms with Gasteiger partial charge in [0.05, 0.1) is 6.42 Å². The van der Waals surface area contributed by atoms with Crippen molar-refractivity contribution >= 4 is 23.4 Å². The van der Waals surface area contributed by atoms with Gasteiger partial charge in [0, 0.05) is 14.1 Å². The molecule has 0 aliphatic rings. The van der Waals surface area contributed by atoms with Crippen LogP contribution in [-0.2, 0) is 11.2 Å². The Kier molecular flexibility index (Phi) is 4.25. The van der Waals surface area contributed by atoms with Gasteiger partial charge >= 0.3 is 5.97 Å². The van der Waals surface area contributed by atoms with Crippen LogP contribution in [0.1, 0.15) is 5.56 Å². The number of carboxylic acids is 1.